The molecule has 4 heterocycles. The number of anilines is 2. The summed E-state index contributed by atoms with van der Waals surface area (Å²) in [6, 6.07) is 12.0. The Morgan fingerprint density at radius 3 is 2.76 bits per heavy atom. The van der Waals surface area contributed by atoms with Crippen molar-refractivity contribution in [3.05, 3.63) is 85.8 Å². The lowest BCUT2D eigenvalue weighted by Crippen LogP contribution is -2.18. The predicted molar refractivity (Wildman–Crippen MR) is 138 cm³/mol. The van der Waals surface area contributed by atoms with Crippen molar-refractivity contribution in [1.29, 1.82) is 0 Å². The minimum absolute atomic E-state index is 0.00649. The van der Waals surface area contributed by atoms with Gasteiger partial charge in [0, 0.05) is 23.7 Å². The molecule has 0 saturated carbocycles. The second kappa shape index (κ2) is 8.95. The summed E-state index contributed by atoms with van der Waals surface area (Å²) in [5, 5.41) is 23.4. The Kier molecular flexibility index (Phi) is 5.71. The highest BCUT2D eigenvalue weighted by atomic mass is 35.5. The number of benzene rings is 2. The van der Waals surface area contributed by atoms with E-state index < -0.39 is 6.29 Å². The molecular weight excluding hydrogens is 498 g/mol. The van der Waals surface area contributed by atoms with Crippen LogP contribution in [-0.2, 0) is 13.1 Å². The van der Waals surface area contributed by atoms with Crippen molar-refractivity contribution in [2.45, 2.75) is 39.3 Å². The van der Waals surface area contributed by atoms with Gasteiger partial charge >= 0.3 is 0 Å². The van der Waals surface area contributed by atoms with Crippen LogP contribution >= 0.6 is 11.6 Å². The Bertz CT molecular complexity index is 1600. The van der Waals surface area contributed by atoms with Crippen LogP contribution < -0.4 is 25.1 Å². The maximum Gasteiger partial charge on any atom is 0.231 e. The number of halogens is 1. The Morgan fingerprint density at radius 2 is 1.95 bits per heavy atom. The number of pyridine rings is 1. The fraction of sp³-hybridized carbons (Fsp3) is 0.259. The molecule has 2 aromatic carbocycles. The van der Waals surface area contributed by atoms with E-state index >= 15 is 0 Å². The first-order chi connectivity index (χ1) is 17.8. The highest BCUT2D eigenvalue weighted by Gasteiger charge is 2.30. The monoisotopic (exact) mass is 521 g/mol. The molecular formula is C27H24ClN3O6. The Balaban J connectivity index is 1.39. The van der Waals surface area contributed by atoms with Crippen LogP contribution in [-0.4, -0.2) is 22.0 Å². The average Bonchev–Trinajstić information content (AvgIpc) is 3.51. The lowest BCUT2D eigenvalue weighted by molar-refractivity contribution is -0.0452. The topological polar surface area (TPSA) is 117 Å². The van der Waals surface area contributed by atoms with Gasteiger partial charge in [0.1, 0.15) is 16.4 Å². The molecule has 0 radical (unpaired) electrons. The van der Waals surface area contributed by atoms with E-state index in [-0.39, 0.29) is 29.1 Å². The van der Waals surface area contributed by atoms with Crippen LogP contribution in [0.15, 0.2) is 51.7 Å². The summed E-state index contributed by atoms with van der Waals surface area (Å²) in [5.41, 5.74) is 4.50. The summed E-state index contributed by atoms with van der Waals surface area (Å²) in [7, 11) is 0. The highest BCUT2D eigenvalue weighted by molar-refractivity contribution is 6.29. The van der Waals surface area contributed by atoms with E-state index in [0.29, 0.717) is 35.6 Å². The van der Waals surface area contributed by atoms with Gasteiger partial charge in [-0.15, -0.1) is 0 Å². The van der Waals surface area contributed by atoms with Gasteiger partial charge in [-0.05, 0) is 49.2 Å². The van der Waals surface area contributed by atoms with Crippen molar-refractivity contribution >= 4 is 34.1 Å². The minimum atomic E-state index is -1.81. The van der Waals surface area contributed by atoms with Crippen molar-refractivity contribution in [3.63, 3.8) is 0 Å². The fourth-order valence-corrected chi connectivity index (χ4v) is 5.13. The largest absolute Gasteiger partial charge is 0.454 e. The van der Waals surface area contributed by atoms with Crippen molar-refractivity contribution in [2.75, 3.05) is 17.0 Å². The molecule has 1 atom stereocenters. The fourth-order valence-electron chi connectivity index (χ4n) is 4.98. The molecule has 0 unspecified atom stereocenters. The first-order valence-corrected chi connectivity index (χ1v) is 12.2. The first kappa shape index (κ1) is 23.6. The van der Waals surface area contributed by atoms with E-state index in [9.17, 15) is 15.0 Å². The molecule has 6 rings (SSSR count). The van der Waals surface area contributed by atoms with E-state index in [1.165, 1.54) is 6.07 Å². The highest BCUT2D eigenvalue weighted by Crippen LogP contribution is 2.43. The minimum Gasteiger partial charge on any atom is -0.454 e. The molecule has 2 aromatic heterocycles. The normalized spacial score (nSPS) is 14.9. The van der Waals surface area contributed by atoms with Gasteiger partial charge in [0.15, 0.2) is 23.2 Å². The lowest BCUT2D eigenvalue weighted by atomic mass is 10.0. The molecule has 2 aliphatic heterocycles. The second-order valence-electron chi connectivity index (χ2n) is 9.28. The third-order valence-electron chi connectivity index (χ3n) is 6.72. The maximum atomic E-state index is 13.2. The van der Waals surface area contributed by atoms with Gasteiger partial charge in [-0.1, -0.05) is 23.7 Å². The zero-order chi connectivity index (χ0) is 25.8. The molecule has 37 heavy (non-hydrogen) atoms. The number of aliphatic hydroxyl groups is 2. The number of aromatic nitrogens is 1. The van der Waals surface area contributed by atoms with E-state index in [0.717, 1.165) is 33.8 Å². The SMILES string of the molecule is Cc1cc([C@@H](C)Nc2ccc(Cl)nc2C(O)O)c2oc(N3Cc4ccc5c(c4C3)OCO5)cc(=O)c2c1. The lowest BCUT2D eigenvalue weighted by Gasteiger charge is -2.21. The number of aryl methyl sites for hydroxylation is 1. The van der Waals surface area contributed by atoms with Crippen LogP contribution in [0.1, 0.15) is 47.2 Å². The van der Waals surface area contributed by atoms with Crippen LogP contribution in [0.2, 0.25) is 5.15 Å². The average molecular weight is 522 g/mol. The van der Waals surface area contributed by atoms with Crippen molar-refractivity contribution < 1.29 is 24.1 Å². The first-order valence-electron chi connectivity index (χ1n) is 11.8. The molecule has 0 aliphatic carbocycles. The van der Waals surface area contributed by atoms with Crippen molar-refractivity contribution in [1.82, 2.24) is 4.98 Å². The summed E-state index contributed by atoms with van der Waals surface area (Å²) < 4.78 is 17.6. The quantitative estimate of drug-likeness (QED) is 0.257. The molecule has 10 heteroatoms. The van der Waals surface area contributed by atoms with Gasteiger partial charge in [0.05, 0.1) is 23.7 Å². The molecule has 0 bridgehead atoms. The van der Waals surface area contributed by atoms with Crippen LogP contribution in [0.5, 0.6) is 11.5 Å². The summed E-state index contributed by atoms with van der Waals surface area (Å²) in [6.07, 6.45) is -1.81. The summed E-state index contributed by atoms with van der Waals surface area (Å²) >= 11 is 5.94. The van der Waals surface area contributed by atoms with Crippen molar-refractivity contribution in [2.24, 2.45) is 0 Å². The standard InChI is InChI=1S/C27H24ClN3O6/c1-13-7-16(14(2)29-19-4-6-22(28)30-24(19)27(33)34)25-17(8-13)20(32)9-23(37-25)31-10-15-3-5-21-26(18(15)11-31)36-12-35-21/h3-9,14,27,29,33-34H,10-12H2,1-2H3/t14-/m1/s1. The number of rotatable bonds is 5. The third kappa shape index (κ3) is 4.15. The Labute approximate surface area is 216 Å². The van der Waals surface area contributed by atoms with Crippen molar-refractivity contribution in [3.8, 4) is 11.5 Å². The molecule has 2 aliphatic rings. The van der Waals surface area contributed by atoms with Gasteiger partial charge in [-0.3, -0.25) is 4.79 Å². The number of aliphatic hydroxyl groups excluding tert-OH is 1. The second-order valence-corrected chi connectivity index (χ2v) is 9.67. The van der Waals surface area contributed by atoms with Crippen LogP contribution in [0.4, 0.5) is 11.6 Å². The Hall–Kier alpha value is -3.79. The zero-order valence-corrected chi connectivity index (χ0v) is 20.9. The van der Waals surface area contributed by atoms with E-state index in [4.69, 9.17) is 25.5 Å². The van der Waals surface area contributed by atoms with E-state index in [2.05, 4.69) is 10.3 Å². The molecule has 0 saturated heterocycles. The van der Waals surface area contributed by atoms with Crippen LogP contribution in [0.3, 0.4) is 0 Å². The number of fused-ring (bicyclic) bond motifs is 4. The van der Waals surface area contributed by atoms with Gasteiger partial charge in [0.2, 0.25) is 12.7 Å². The molecule has 9 nitrogen and oxygen atoms in total. The van der Waals surface area contributed by atoms with E-state index in [1.54, 1.807) is 12.1 Å². The number of ether oxygens (including phenoxy) is 2. The molecule has 3 N–H and O–H groups in total. The van der Waals surface area contributed by atoms with Crippen LogP contribution in [0.25, 0.3) is 11.0 Å². The number of nitrogens with one attached hydrogen (secondary N) is 1. The Morgan fingerprint density at radius 1 is 1.11 bits per heavy atom. The zero-order valence-electron chi connectivity index (χ0n) is 20.1. The third-order valence-corrected chi connectivity index (χ3v) is 6.93. The number of nitrogens with zero attached hydrogens (tertiary/aromatic N) is 2. The molecule has 0 amide bonds. The van der Waals surface area contributed by atoms with Gasteiger partial charge in [-0.2, -0.15) is 0 Å². The predicted octanol–water partition coefficient (Wildman–Crippen LogP) is 4.56. The number of hydrogen-bond acceptors (Lipinski definition) is 9. The maximum absolute atomic E-state index is 13.2. The van der Waals surface area contributed by atoms with E-state index in [1.807, 2.05) is 43.0 Å². The summed E-state index contributed by atoms with van der Waals surface area (Å²) in [4.78, 5) is 19.3. The van der Waals surface area contributed by atoms with Gasteiger partial charge < -0.3 is 34.3 Å². The molecule has 0 spiro atoms. The van der Waals surface area contributed by atoms with Gasteiger partial charge in [-0.25, -0.2) is 4.98 Å². The summed E-state index contributed by atoms with van der Waals surface area (Å²) in [5.74, 6) is 1.93. The molecule has 4 aromatic rings. The smallest absolute Gasteiger partial charge is 0.231 e. The number of hydrogen-bond donors (Lipinski definition) is 3. The molecule has 0 fully saturated rings. The van der Waals surface area contributed by atoms with Crippen LogP contribution in [0, 0.1) is 6.92 Å². The molecule has 190 valence electrons. The summed E-state index contributed by atoms with van der Waals surface area (Å²) in [6.45, 7) is 5.11. The van der Waals surface area contributed by atoms with Gasteiger partial charge in [0.25, 0.3) is 0 Å².